The summed E-state index contributed by atoms with van der Waals surface area (Å²) in [6, 6.07) is 5.48. The highest BCUT2D eigenvalue weighted by Gasteiger charge is 2.25. The number of piperidine rings is 1. The lowest BCUT2D eigenvalue weighted by molar-refractivity contribution is -0.137. The molecular weight excluding hydrogens is 297 g/mol. The molecule has 0 aliphatic carbocycles. The minimum atomic E-state index is -0.0139. The van der Waals surface area contributed by atoms with Crippen LogP contribution in [-0.2, 0) is 4.79 Å². The zero-order valence-corrected chi connectivity index (χ0v) is 13.1. The first-order valence-electron chi connectivity index (χ1n) is 6.99. The topological polar surface area (TPSA) is 29.5 Å². The minimum Gasteiger partial charge on any atom is -0.481 e. The second-order valence-electron chi connectivity index (χ2n) is 4.98. The van der Waals surface area contributed by atoms with Gasteiger partial charge in [0.2, 0.25) is 0 Å². The van der Waals surface area contributed by atoms with Gasteiger partial charge in [-0.1, -0.05) is 36.2 Å². The van der Waals surface area contributed by atoms with Gasteiger partial charge >= 0.3 is 0 Å². The number of halogens is 2. The number of hydrogen-bond donors (Lipinski definition) is 0. The molecule has 0 aromatic heterocycles. The molecule has 0 N–H and O–H groups in total. The van der Waals surface area contributed by atoms with Crippen LogP contribution in [0.15, 0.2) is 18.2 Å². The van der Waals surface area contributed by atoms with E-state index in [2.05, 4.69) is 6.92 Å². The first kappa shape index (κ1) is 15.5. The van der Waals surface area contributed by atoms with Crippen molar-refractivity contribution in [3.63, 3.8) is 0 Å². The molecule has 20 heavy (non-hydrogen) atoms. The zero-order chi connectivity index (χ0) is 14.5. The summed E-state index contributed by atoms with van der Waals surface area (Å²) >= 11 is 12.0. The molecule has 1 heterocycles. The molecule has 2 rings (SSSR count). The van der Waals surface area contributed by atoms with Crippen LogP contribution >= 0.6 is 23.2 Å². The lowest BCUT2D eigenvalue weighted by Gasteiger charge is -2.35. The number of rotatable bonds is 4. The number of nitrogens with zero attached hydrogens (tertiary/aromatic N) is 1. The first-order chi connectivity index (χ1) is 9.63. The third-order valence-electron chi connectivity index (χ3n) is 3.68. The fourth-order valence-corrected chi connectivity index (χ4v) is 3.10. The van der Waals surface area contributed by atoms with Crippen molar-refractivity contribution in [2.75, 3.05) is 13.2 Å². The quantitative estimate of drug-likeness (QED) is 0.834. The van der Waals surface area contributed by atoms with Crippen LogP contribution in [0, 0.1) is 0 Å². The number of amides is 1. The number of likely N-dealkylation sites (tertiary alicyclic amines) is 1. The highest BCUT2D eigenvalue weighted by atomic mass is 35.5. The molecule has 0 radical (unpaired) electrons. The van der Waals surface area contributed by atoms with Crippen LogP contribution in [0.25, 0.3) is 0 Å². The highest BCUT2D eigenvalue weighted by molar-refractivity contribution is 6.37. The fraction of sp³-hybridized carbons (Fsp3) is 0.533. The molecule has 5 heteroatoms. The number of ether oxygens (including phenoxy) is 1. The highest BCUT2D eigenvalue weighted by Crippen LogP contribution is 2.32. The molecular formula is C15H19Cl2NO2. The molecule has 1 saturated heterocycles. The van der Waals surface area contributed by atoms with Gasteiger partial charge in [-0.25, -0.2) is 0 Å². The van der Waals surface area contributed by atoms with Gasteiger partial charge < -0.3 is 9.64 Å². The molecule has 1 aliphatic heterocycles. The molecule has 0 bridgehead atoms. The van der Waals surface area contributed by atoms with Crippen LogP contribution in [0.3, 0.4) is 0 Å². The Morgan fingerprint density at radius 3 is 2.70 bits per heavy atom. The first-order valence-corrected chi connectivity index (χ1v) is 7.75. The van der Waals surface area contributed by atoms with Crippen LogP contribution in [-0.4, -0.2) is 30.0 Å². The van der Waals surface area contributed by atoms with E-state index in [4.69, 9.17) is 27.9 Å². The largest absolute Gasteiger partial charge is 0.481 e. The molecule has 1 aromatic rings. The maximum absolute atomic E-state index is 12.3. The van der Waals surface area contributed by atoms with Crippen molar-refractivity contribution in [2.45, 2.75) is 38.6 Å². The zero-order valence-electron chi connectivity index (χ0n) is 11.6. The molecule has 1 aromatic carbocycles. The van der Waals surface area contributed by atoms with Gasteiger partial charge in [0.25, 0.3) is 5.91 Å². The summed E-state index contributed by atoms with van der Waals surface area (Å²) in [5, 5.41) is 0.854. The van der Waals surface area contributed by atoms with E-state index in [9.17, 15) is 4.79 Å². The Bertz CT molecular complexity index is 459. The number of benzene rings is 1. The van der Waals surface area contributed by atoms with E-state index in [1.54, 1.807) is 18.2 Å². The Labute approximate surface area is 129 Å². The summed E-state index contributed by atoms with van der Waals surface area (Å²) in [6.07, 6.45) is 4.32. The van der Waals surface area contributed by atoms with E-state index < -0.39 is 0 Å². The Hall–Kier alpha value is -0.930. The molecule has 0 spiro atoms. The van der Waals surface area contributed by atoms with Gasteiger partial charge in [-0.2, -0.15) is 0 Å². The van der Waals surface area contributed by atoms with Crippen LogP contribution < -0.4 is 4.74 Å². The average Bonchev–Trinajstić information content (AvgIpc) is 2.46. The van der Waals surface area contributed by atoms with Crippen molar-refractivity contribution < 1.29 is 9.53 Å². The maximum Gasteiger partial charge on any atom is 0.260 e. The third kappa shape index (κ3) is 3.58. The summed E-state index contributed by atoms with van der Waals surface area (Å²) < 4.78 is 5.52. The Morgan fingerprint density at radius 1 is 1.35 bits per heavy atom. The van der Waals surface area contributed by atoms with Gasteiger partial charge in [0.05, 0.1) is 10.0 Å². The van der Waals surface area contributed by atoms with Crippen LogP contribution in [0.5, 0.6) is 5.75 Å². The number of carbonyl (C=O) groups excluding carboxylic acids is 1. The monoisotopic (exact) mass is 315 g/mol. The predicted molar refractivity (Wildman–Crippen MR) is 81.6 cm³/mol. The second-order valence-corrected chi connectivity index (χ2v) is 5.80. The van der Waals surface area contributed by atoms with Gasteiger partial charge in [-0.3, -0.25) is 4.79 Å². The molecule has 3 nitrogen and oxygen atoms in total. The third-order valence-corrected chi connectivity index (χ3v) is 4.27. The molecule has 110 valence electrons. The normalized spacial score (nSPS) is 18.9. The SMILES string of the molecule is CCC1CCCCN1C(=O)COc1c(Cl)cccc1Cl. The smallest absolute Gasteiger partial charge is 0.260 e. The van der Waals surface area contributed by atoms with Crippen molar-refractivity contribution in [3.05, 3.63) is 28.2 Å². The number of para-hydroxylation sites is 1. The van der Waals surface area contributed by atoms with E-state index in [0.29, 0.717) is 21.8 Å². The standard InChI is InChI=1S/C15H19Cl2NO2/c1-2-11-6-3-4-9-18(11)14(19)10-20-15-12(16)7-5-8-13(15)17/h5,7-8,11H,2-4,6,9-10H2,1H3. The summed E-state index contributed by atoms with van der Waals surface area (Å²) in [7, 11) is 0. The fourth-order valence-electron chi connectivity index (χ4n) is 2.59. The van der Waals surface area contributed by atoms with Crippen molar-refractivity contribution in [1.29, 1.82) is 0 Å². The maximum atomic E-state index is 12.3. The minimum absolute atomic E-state index is 0.00698. The van der Waals surface area contributed by atoms with E-state index >= 15 is 0 Å². The van der Waals surface area contributed by atoms with Crippen LogP contribution in [0.1, 0.15) is 32.6 Å². The van der Waals surface area contributed by atoms with Crippen molar-refractivity contribution in [2.24, 2.45) is 0 Å². The summed E-state index contributed by atoms with van der Waals surface area (Å²) in [6.45, 7) is 2.92. The van der Waals surface area contributed by atoms with Crippen molar-refractivity contribution in [1.82, 2.24) is 4.90 Å². The average molecular weight is 316 g/mol. The Kier molecular flexibility index (Phi) is 5.55. The molecule has 1 aliphatic rings. The molecule has 0 saturated carbocycles. The van der Waals surface area contributed by atoms with Gasteiger partial charge in [-0.05, 0) is 37.8 Å². The van der Waals surface area contributed by atoms with Crippen LogP contribution in [0.4, 0.5) is 0 Å². The summed E-state index contributed by atoms with van der Waals surface area (Å²) in [4.78, 5) is 14.2. The molecule has 1 fully saturated rings. The molecule has 1 unspecified atom stereocenters. The lowest BCUT2D eigenvalue weighted by atomic mass is 10.00. The number of carbonyl (C=O) groups is 1. The van der Waals surface area contributed by atoms with Crippen LogP contribution in [0.2, 0.25) is 10.0 Å². The van der Waals surface area contributed by atoms with Crippen molar-refractivity contribution >= 4 is 29.1 Å². The Morgan fingerprint density at radius 2 is 2.05 bits per heavy atom. The predicted octanol–water partition coefficient (Wildman–Crippen LogP) is 4.16. The van der Waals surface area contributed by atoms with Gasteiger partial charge in [0.1, 0.15) is 0 Å². The molecule has 1 amide bonds. The molecule has 1 atom stereocenters. The Balaban J connectivity index is 1.98. The summed E-state index contributed by atoms with van der Waals surface area (Å²) in [5.41, 5.74) is 0. The van der Waals surface area contributed by atoms with E-state index in [1.165, 1.54) is 6.42 Å². The van der Waals surface area contributed by atoms with Gasteiger partial charge in [-0.15, -0.1) is 0 Å². The second kappa shape index (κ2) is 7.19. The van der Waals surface area contributed by atoms with E-state index in [-0.39, 0.29) is 12.5 Å². The van der Waals surface area contributed by atoms with E-state index in [1.807, 2.05) is 4.90 Å². The van der Waals surface area contributed by atoms with Gasteiger partial charge in [0, 0.05) is 12.6 Å². The van der Waals surface area contributed by atoms with E-state index in [0.717, 1.165) is 25.8 Å². The van der Waals surface area contributed by atoms with Gasteiger partial charge in [0.15, 0.2) is 12.4 Å². The lowest BCUT2D eigenvalue weighted by Crippen LogP contribution is -2.45. The number of hydrogen-bond acceptors (Lipinski definition) is 2. The van der Waals surface area contributed by atoms with Crippen molar-refractivity contribution in [3.8, 4) is 5.75 Å². The summed E-state index contributed by atoms with van der Waals surface area (Å²) in [5.74, 6) is 0.391.